The highest BCUT2D eigenvalue weighted by Crippen LogP contribution is 2.54. The van der Waals surface area contributed by atoms with Crippen molar-refractivity contribution in [2.75, 3.05) is 11.9 Å². The molecule has 1 saturated heterocycles. The fourth-order valence-corrected chi connectivity index (χ4v) is 4.73. The third-order valence-electron chi connectivity index (χ3n) is 6.13. The van der Waals surface area contributed by atoms with Crippen LogP contribution in [-0.4, -0.2) is 32.8 Å². The van der Waals surface area contributed by atoms with Gasteiger partial charge < -0.3 is 14.8 Å². The predicted octanol–water partition coefficient (Wildman–Crippen LogP) is 3.18. The smallest absolute Gasteiger partial charge is 0.257 e. The first-order valence-electron chi connectivity index (χ1n) is 9.58. The number of carbonyl (C=O) groups excluding carboxylic acids is 2. The molecule has 0 radical (unpaired) electrons. The lowest BCUT2D eigenvalue weighted by Gasteiger charge is -2.33. The molecular weight excluding hydrogens is 390 g/mol. The van der Waals surface area contributed by atoms with E-state index in [1.165, 1.54) is 17.0 Å². The van der Waals surface area contributed by atoms with Gasteiger partial charge in [0, 0.05) is 31.7 Å². The molecule has 1 spiro atoms. The van der Waals surface area contributed by atoms with E-state index in [4.69, 9.17) is 0 Å². The molecule has 3 heterocycles. The van der Waals surface area contributed by atoms with E-state index in [1.807, 2.05) is 24.3 Å². The van der Waals surface area contributed by atoms with E-state index in [2.05, 4.69) is 10.3 Å². The normalized spacial score (nSPS) is 22.4. The van der Waals surface area contributed by atoms with Crippen molar-refractivity contribution in [3.8, 4) is 0 Å². The first kappa shape index (κ1) is 18.5. The topological polar surface area (TPSA) is 67.2 Å². The van der Waals surface area contributed by atoms with Gasteiger partial charge in [-0.15, -0.1) is 0 Å². The summed E-state index contributed by atoms with van der Waals surface area (Å²) in [6, 6.07) is 10.1. The van der Waals surface area contributed by atoms with Crippen LogP contribution in [0.4, 0.5) is 14.5 Å². The summed E-state index contributed by atoms with van der Waals surface area (Å²) in [7, 11) is 1.78. The number of rotatable bonds is 2. The van der Waals surface area contributed by atoms with E-state index in [9.17, 15) is 18.4 Å². The van der Waals surface area contributed by atoms with Crippen LogP contribution in [-0.2, 0) is 17.3 Å². The number of nitrogens with one attached hydrogen (secondary N) is 1. The Labute approximate surface area is 171 Å². The van der Waals surface area contributed by atoms with Crippen LogP contribution in [0.1, 0.15) is 34.2 Å². The Morgan fingerprint density at radius 1 is 1.20 bits per heavy atom. The molecule has 3 aromatic rings. The summed E-state index contributed by atoms with van der Waals surface area (Å²) in [6.07, 6.45) is 3.66. The summed E-state index contributed by atoms with van der Waals surface area (Å²) in [5, 5.41) is 2.91. The maximum atomic E-state index is 14.4. The van der Waals surface area contributed by atoms with Crippen molar-refractivity contribution in [3.05, 3.63) is 83.4 Å². The number of likely N-dealkylation sites (tertiary alicyclic amines) is 1. The summed E-state index contributed by atoms with van der Waals surface area (Å²) in [5.41, 5.74) is 0.0405. The van der Waals surface area contributed by atoms with Gasteiger partial charge in [-0.25, -0.2) is 13.8 Å². The number of para-hydroxylation sites is 1. The van der Waals surface area contributed by atoms with Crippen LogP contribution in [0.3, 0.4) is 0 Å². The number of benzene rings is 2. The minimum absolute atomic E-state index is 0.202. The molecule has 30 heavy (non-hydrogen) atoms. The number of anilines is 1. The summed E-state index contributed by atoms with van der Waals surface area (Å²) in [6.45, 7) is 0.202. The maximum Gasteiger partial charge on any atom is 0.257 e. The van der Waals surface area contributed by atoms with Gasteiger partial charge in [-0.05, 0) is 30.2 Å². The Morgan fingerprint density at radius 2 is 2.00 bits per heavy atom. The average molecular weight is 408 g/mol. The molecule has 2 aromatic carbocycles. The van der Waals surface area contributed by atoms with Crippen molar-refractivity contribution in [1.29, 1.82) is 0 Å². The number of aromatic nitrogens is 2. The molecule has 0 aliphatic carbocycles. The van der Waals surface area contributed by atoms with E-state index in [0.717, 1.165) is 11.6 Å². The average Bonchev–Trinajstić information content (AvgIpc) is 3.41. The number of aryl methyl sites for hydroxylation is 1. The highest BCUT2D eigenvalue weighted by molar-refractivity contribution is 6.08. The monoisotopic (exact) mass is 408 g/mol. The van der Waals surface area contributed by atoms with Gasteiger partial charge in [-0.1, -0.05) is 24.3 Å². The van der Waals surface area contributed by atoms with Gasteiger partial charge in [-0.2, -0.15) is 0 Å². The number of halogens is 2. The number of hydrogen-bond acceptors (Lipinski definition) is 3. The molecule has 1 fully saturated rings. The van der Waals surface area contributed by atoms with Crippen LogP contribution in [0, 0.1) is 11.6 Å². The molecule has 5 rings (SSSR count). The van der Waals surface area contributed by atoms with E-state index < -0.39 is 29.0 Å². The van der Waals surface area contributed by atoms with Crippen molar-refractivity contribution in [3.63, 3.8) is 0 Å². The second-order valence-corrected chi connectivity index (χ2v) is 7.62. The number of amides is 2. The highest BCUT2D eigenvalue weighted by Gasteiger charge is 2.60. The molecule has 0 saturated carbocycles. The second-order valence-electron chi connectivity index (χ2n) is 7.62. The second kappa shape index (κ2) is 6.48. The molecule has 0 bridgehead atoms. The van der Waals surface area contributed by atoms with Crippen molar-refractivity contribution < 1.29 is 18.4 Å². The van der Waals surface area contributed by atoms with Gasteiger partial charge in [0.1, 0.15) is 17.3 Å². The summed E-state index contributed by atoms with van der Waals surface area (Å²) in [4.78, 5) is 32.5. The number of carbonyl (C=O) groups is 2. The van der Waals surface area contributed by atoms with Gasteiger partial charge in [0.25, 0.3) is 5.91 Å². The minimum Gasteiger partial charge on any atom is -0.336 e. The van der Waals surface area contributed by atoms with Gasteiger partial charge in [0.2, 0.25) is 5.91 Å². The Kier molecular flexibility index (Phi) is 3.99. The third-order valence-corrected chi connectivity index (χ3v) is 6.13. The van der Waals surface area contributed by atoms with Gasteiger partial charge in [-0.3, -0.25) is 9.59 Å². The molecule has 8 heteroatoms. The lowest BCUT2D eigenvalue weighted by atomic mass is 9.74. The lowest BCUT2D eigenvalue weighted by molar-refractivity contribution is -0.121. The quantitative estimate of drug-likeness (QED) is 0.708. The fraction of sp³-hybridized carbons (Fsp3) is 0.227. The molecule has 0 unspecified atom stereocenters. The zero-order chi connectivity index (χ0) is 21.0. The highest BCUT2D eigenvalue weighted by atomic mass is 19.2. The van der Waals surface area contributed by atoms with E-state index in [1.54, 1.807) is 24.0 Å². The van der Waals surface area contributed by atoms with Crippen molar-refractivity contribution in [1.82, 2.24) is 14.5 Å². The number of fused-ring (bicyclic) bond motifs is 2. The molecule has 2 atom stereocenters. The van der Waals surface area contributed by atoms with Gasteiger partial charge >= 0.3 is 0 Å². The van der Waals surface area contributed by atoms with Crippen molar-refractivity contribution in [2.45, 2.75) is 17.9 Å². The molecular formula is C22H18F2N4O2. The van der Waals surface area contributed by atoms with E-state index >= 15 is 0 Å². The largest absolute Gasteiger partial charge is 0.336 e. The van der Waals surface area contributed by atoms with Crippen molar-refractivity contribution >= 4 is 17.5 Å². The summed E-state index contributed by atoms with van der Waals surface area (Å²) < 4.78 is 29.9. The molecule has 2 aliphatic heterocycles. The molecule has 1 aromatic heterocycles. The molecule has 6 nitrogen and oxygen atoms in total. The van der Waals surface area contributed by atoms with Crippen LogP contribution in [0.25, 0.3) is 0 Å². The summed E-state index contributed by atoms with van der Waals surface area (Å²) in [5.74, 6) is -2.68. The zero-order valence-corrected chi connectivity index (χ0v) is 16.1. The Morgan fingerprint density at radius 3 is 2.77 bits per heavy atom. The minimum atomic E-state index is -1.20. The fourth-order valence-electron chi connectivity index (χ4n) is 4.73. The van der Waals surface area contributed by atoms with Crippen LogP contribution >= 0.6 is 0 Å². The zero-order valence-electron chi connectivity index (χ0n) is 16.1. The van der Waals surface area contributed by atoms with Gasteiger partial charge in [0.05, 0.1) is 5.56 Å². The Balaban J connectivity index is 1.69. The Bertz CT molecular complexity index is 1190. The maximum absolute atomic E-state index is 14.4. The molecule has 2 aliphatic rings. The van der Waals surface area contributed by atoms with E-state index in [0.29, 0.717) is 17.9 Å². The van der Waals surface area contributed by atoms with Crippen LogP contribution in [0.5, 0.6) is 0 Å². The lowest BCUT2D eigenvalue weighted by Crippen LogP contribution is -2.44. The third kappa shape index (κ3) is 2.36. The first-order chi connectivity index (χ1) is 14.4. The standard InChI is InChI=1S/C22H18F2N4O2/c1-27-12-10-25-19(27)18-22(14-6-2-3-8-16(14)26-21(22)30)9-11-28(18)20(29)13-5-4-7-15(23)17(13)24/h2-8,10,12,18H,9,11H2,1H3,(H,26,30)/t18-,22+/m0/s1. The van der Waals surface area contributed by atoms with Crippen LogP contribution in [0.15, 0.2) is 54.9 Å². The Hall–Kier alpha value is -3.55. The SMILES string of the molecule is Cn1ccnc1[C@@H]1N(C(=O)c2cccc(F)c2F)CC[C@]12C(=O)Nc1ccccc12. The number of hydrogen-bond donors (Lipinski definition) is 1. The first-order valence-corrected chi connectivity index (χ1v) is 9.58. The number of nitrogens with zero attached hydrogens (tertiary/aromatic N) is 3. The molecule has 152 valence electrons. The van der Waals surface area contributed by atoms with E-state index in [-0.39, 0.29) is 18.0 Å². The summed E-state index contributed by atoms with van der Waals surface area (Å²) >= 11 is 0. The number of imidazole rings is 1. The van der Waals surface area contributed by atoms with Crippen LogP contribution in [0.2, 0.25) is 0 Å². The van der Waals surface area contributed by atoms with Crippen LogP contribution < -0.4 is 5.32 Å². The van der Waals surface area contributed by atoms with Gasteiger partial charge in [0.15, 0.2) is 11.6 Å². The van der Waals surface area contributed by atoms with Crippen molar-refractivity contribution in [2.24, 2.45) is 7.05 Å². The predicted molar refractivity (Wildman–Crippen MR) is 105 cm³/mol. The molecule has 1 N–H and O–H groups in total. The molecule has 2 amide bonds.